The minimum atomic E-state index is 1.27. The van der Waals surface area contributed by atoms with E-state index >= 15 is 0 Å². The molecule has 0 fully saturated rings. The molecule has 0 spiro atoms. The highest BCUT2D eigenvalue weighted by Crippen LogP contribution is 2.25. The third kappa shape index (κ3) is 2.53. The maximum atomic E-state index is 2.31. The third-order valence-corrected chi connectivity index (χ3v) is 2.15. The van der Waals surface area contributed by atoms with E-state index in [1.165, 1.54) is 32.1 Å². The topological polar surface area (TPSA) is 0 Å². The number of rotatable bonds is 4. The van der Waals surface area contributed by atoms with Gasteiger partial charge in [0.25, 0.3) is 0 Å². The molecule has 0 aromatic rings. The van der Waals surface area contributed by atoms with Crippen molar-refractivity contribution in [1.82, 2.24) is 0 Å². The summed E-state index contributed by atoms with van der Waals surface area (Å²) in [5, 5.41) is 0. The predicted molar refractivity (Wildman–Crippen MR) is 50.6 cm³/mol. The molecule has 0 radical (unpaired) electrons. The second-order valence-corrected chi connectivity index (χ2v) is 3.33. The SMILES string of the molecule is CCCC1=CC=C(CCC)C1. The first-order valence-corrected chi connectivity index (χ1v) is 4.74. The molecule has 0 N–H and O–H groups in total. The van der Waals surface area contributed by atoms with Crippen LogP contribution in [0, 0.1) is 0 Å². The summed E-state index contributed by atoms with van der Waals surface area (Å²) >= 11 is 0. The largest absolute Gasteiger partial charge is 0.0662 e. The van der Waals surface area contributed by atoms with Gasteiger partial charge >= 0.3 is 0 Å². The van der Waals surface area contributed by atoms with Crippen molar-refractivity contribution < 1.29 is 0 Å². The van der Waals surface area contributed by atoms with Crippen LogP contribution in [0.15, 0.2) is 23.3 Å². The summed E-state index contributed by atoms with van der Waals surface area (Å²) in [6.07, 6.45) is 11.1. The van der Waals surface area contributed by atoms with Crippen molar-refractivity contribution in [3.63, 3.8) is 0 Å². The van der Waals surface area contributed by atoms with Gasteiger partial charge in [-0.05, 0) is 19.3 Å². The maximum absolute atomic E-state index is 2.31. The minimum Gasteiger partial charge on any atom is -0.0662 e. The van der Waals surface area contributed by atoms with Crippen LogP contribution in [0.3, 0.4) is 0 Å². The summed E-state index contributed by atoms with van der Waals surface area (Å²) < 4.78 is 0. The molecule has 0 saturated carbocycles. The first kappa shape index (κ1) is 8.58. The molecule has 62 valence electrons. The Labute approximate surface area is 70.0 Å². The Bertz CT molecular complexity index is 152. The summed E-state index contributed by atoms with van der Waals surface area (Å²) in [4.78, 5) is 0. The van der Waals surface area contributed by atoms with Crippen molar-refractivity contribution in [2.45, 2.75) is 46.0 Å². The molecule has 0 heterocycles. The second kappa shape index (κ2) is 4.38. The molecule has 0 unspecified atom stereocenters. The van der Waals surface area contributed by atoms with Crippen molar-refractivity contribution in [3.05, 3.63) is 23.3 Å². The van der Waals surface area contributed by atoms with Crippen LogP contribution in [0.4, 0.5) is 0 Å². The van der Waals surface area contributed by atoms with Gasteiger partial charge in [0.2, 0.25) is 0 Å². The molecular formula is C11H18. The van der Waals surface area contributed by atoms with Gasteiger partial charge in [0.1, 0.15) is 0 Å². The molecule has 1 aliphatic carbocycles. The van der Waals surface area contributed by atoms with Gasteiger partial charge < -0.3 is 0 Å². The van der Waals surface area contributed by atoms with Crippen LogP contribution in [-0.2, 0) is 0 Å². The van der Waals surface area contributed by atoms with Crippen molar-refractivity contribution in [1.29, 1.82) is 0 Å². The van der Waals surface area contributed by atoms with Crippen LogP contribution in [0.5, 0.6) is 0 Å². The average molecular weight is 150 g/mol. The fraction of sp³-hybridized carbons (Fsp3) is 0.636. The molecule has 0 saturated heterocycles. The molecule has 0 aromatic carbocycles. The van der Waals surface area contributed by atoms with E-state index in [0.717, 1.165) is 0 Å². The molecular weight excluding hydrogens is 132 g/mol. The van der Waals surface area contributed by atoms with E-state index < -0.39 is 0 Å². The summed E-state index contributed by atoms with van der Waals surface area (Å²) in [5.74, 6) is 0. The van der Waals surface area contributed by atoms with E-state index in [4.69, 9.17) is 0 Å². The number of hydrogen-bond donors (Lipinski definition) is 0. The lowest BCUT2D eigenvalue weighted by Crippen LogP contribution is -1.82. The molecule has 0 atom stereocenters. The molecule has 0 heteroatoms. The smallest absolute Gasteiger partial charge is 0.0102 e. The van der Waals surface area contributed by atoms with Gasteiger partial charge in [0.15, 0.2) is 0 Å². The zero-order chi connectivity index (χ0) is 8.10. The van der Waals surface area contributed by atoms with E-state index in [1.54, 1.807) is 11.1 Å². The lowest BCUT2D eigenvalue weighted by molar-refractivity contribution is 0.832. The Morgan fingerprint density at radius 3 is 1.82 bits per heavy atom. The Morgan fingerprint density at radius 2 is 1.45 bits per heavy atom. The highest BCUT2D eigenvalue weighted by Gasteiger charge is 2.05. The van der Waals surface area contributed by atoms with Crippen molar-refractivity contribution in [2.75, 3.05) is 0 Å². The van der Waals surface area contributed by atoms with Gasteiger partial charge in [-0.1, -0.05) is 50.0 Å². The highest BCUT2D eigenvalue weighted by atomic mass is 14.1. The van der Waals surface area contributed by atoms with Gasteiger partial charge in [-0.3, -0.25) is 0 Å². The summed E-state index contributed by atoms with van der Waals surface area (Å²) in [6.45, 7) is 4.50. The van der Waals surface area contributed by atoms with Crippen LogP contribution in [0.25, 0.3) is 0 Å². The average Bonchev–Trinajstić information content (AvgIpc) is 2.38. The number of allylic oxidation sites excluding steroid dienone is 4. The first-order chi connectivity index (χ1) is 5.36. The van der Waals surface area contributed by atoms with Gasteiger partial charge in [-0.2, -0.15) is 0 Å². The maximum Gasteiger partial charge on any atom is -0.0102 e. The normalized spacial score (nSPS) is 16.5. The molecule has 0 nitrogen and oxygen atoms in total. The van der Waals surface area contributed by atoms with E-state index in [9.17, 15) is 0 Å². The zero-order valence-electron chi connectivity index (χ0n) is 7.69. The molecule has 1 aliphatic rings. The van der Waals surface area contributed by atoms with Crippen LogP contribution in [0.2, 0.25) is 0 Å². The summed E-state index contributed by atoms with van der Waals surface area (Å²) in [7, 11) is 0. The van der Waals surface area contributed by atoms with Crippen LogP contribution < -0.4 is 0 Å². The molecule has 0 bridgehead atoms. The molecule has 1 rings (SSSR count). The third-order valence-electron chi connectivity index (χ3n) is 2.15. The lowest BCUT2D eigenvalue weighted by atomic mass is 10.0. The zero-order valence-corrected chi connectivity index (χ0v) is 7.69. The second-order valence-electron chi connectivity index (χ2n) is 3.33. The fourth-order valence-electron chi connectivity index (χ4n) is 1.63. The quantitative estimate of drug-likeness (QED) is 0.571. The fourth-order valence-corrected chi connectivity index (χ4v) is 1.63. The Hall–Kier alpha value is -0.520. The highest BCUT2D eigenvalue weighted by molar-refractivity contribution is 5.30. The van der Waals surface area contributed by atoms with Crippen LogP contribution >= 0.6 is 0 Å². The summed E-state index contributed by atoms with van der Waals surface area (Å²) in [6, 6.07) is 0. The monoisotopic (exact) mass is 150 g/mol. The predicted octanol–water partition coefficient (Wildman–Crippen LogP) is 3.84. The van der Waals surface area contributed by atoms with Crippen molar-refractivity contribution >= 4 is 0 Å². The Balaban J connectivity index is 2.27. The van der Waals surface area contributed by atoms with E-state index in [1.807, 2.05) is 0 Å². The Kier molecular flexibility index (Phi) is 3.41. The molecule has 0 aliphatic heterocycles. The van der Waals surface area contributed by atoms with Gasteiger partial charge in [-0.25, -0.2) is 0 Å². The van der Waals surface area contributed by atoms with Crippen LogP contribution in [0.1, 0.15) is 46.0 Å². The number of hydrogen-bond acceptors (Lipinski definition) is 0. The molecule has 11 heavy (non-hydrogen) atoms. The Morgan fingerprint density at radius 1 is 1.00 bits per heavy atom. The van der Waals surface area contributed by atoms with Gasteiger partial charge in [-0.15, -0.1) is 0 Å². The van der Waals surface area contributed by atoms with Crippen LogP contribution in [-0.4, -0.2) is 0 Å². The molecule has 0 aromatic heterocycles. The van der Waals surface area contributed by atoms with Gasteiger partial charge in [0, 0.05) is 0 Å². The molecule has 0 amide bonds. The minimum absolute atomic E-state index is 1.27. The lowest BCUT2D eigenvalue weighted by Gasteiger charge is -2.01. The van der Waals surface area contributed by atoms with Crippen molar-refractivity contribution in [3.8, 4) is 0 Å². The summed E-state index contributed by atoms with van der Waals surface area (Å²) in [5.41, 5.74) is 3.27. The standard InChI is InChI=1S/C11H18/c1-3-5-10-7-8-11(9-10)6-4-2/h7-8H,3-6,9H2,1-2H3. The van der Waals surface area contributed by atoms with Crippen molar-refractivity contribution in [2.24, 2.45) is 0 Å². The van der Waals surface area contributed by atoms with Gasteiger partial charge in [0.05, 0.1) is 0 Å². The van der Waals surface area contributed by atoms with E-state index in [-0.39, 0.29) is 0 Å². The first-order valence-electron chi connectivity index (χ1n) is 4.74. The van der Waals surface area contributed by atoms with E-state index in [2.05, 4.69) is 26.0 Å². The van der Waals surface area contributed by atoms with E-state index in [0.29, 0.717) is 0 Å².